The van der Waals surface area contributed by atoms with E-state index in [0.29, 0.717) is 11.8 Å². The Morgan fingerprint density at radius 2 is 2.00 bits per heavy atom. The molecule has 0 aromatic carbocycles. The van der Waals surface area contributed by atoms with Gasteiger partial charge in [0, 0.05) is 38.4 Å². The van der Waals surface area contributed by atoms with Crippen molar-refractivity contribution < 1.29 is 32.6 Å². The Bertz CT molecular complexity index is 715. The Balaban J connectivity index is 0.000000298. The van der Waals surface area contributed by atoms with E-state index in [-0.39, 0.29) is 17.9 Å². The van der Waals surface area contributed by atoms with E-state index in [0.717, 1.165) is 38.5 Å². The maximum absolute atomic E-state index is 12.6. The fourth-order valence-electron chi connectivity index (χ4n) is 3.61. The molecule has 3 fully saturated rings. The van der Waals surface area contributed by atoms with Crippen molar-refractivity contribution in [2.45, 2.75) is 31.5 Å². The van der Waals surface area contributed by atoms with Crippen LogP contribution in [0, 0.1) is 17.8 Å². The van der Waals surface area contributed by atoms with Crippen LogP contribution in [0.3, 0.4) is 0 Å². The van der Waals surface area contributed by atoms with Crippen molar-refractivity contribution in [3.05, 3.63) is 18.6 Å². The lowest BCUT2D eigenvalue weighted by molar-refractivity contribution is -0.192. The number of halogens is 3. The molecule has 11 heteroatoms. The predicted octanol–water partition coefficient (Wildman–Crippen LogP) is 1.48. The van der Waals surface area contributed by atoms with Crippen molar-refractivity contribution in [1.29, 1.82) is 0 Å². The van der Waals surface area contributed by atoms with E-state index < -0.39 is 12.1 Å². The van der Waals surface area contributed by atoms with Gasteiger partial charge < -0.3 is 20.1 Å². The lowest BCUT2D eigenvalue weighted by atomic mass is 9.82. The maximum Gasteiger partial charge on any atom is 0.490 e. The topological polar surface area (TPSA) is 105 Å². The van der Waals surface area contributed by atoms with Crippen LogP contribution in [0.4, 0.5) is 19.0 Å². The first-order valence-electron chi connectivity index (χ1n) is 9.46. The molecule has 3 atom stereocenters. The van der Waals surface area contributed by atoms with Gasteiger partial charge in [0.2, 0.25) is 5.91 Å². The second kappa shape index (κ2) is 8.93. The largest absolute Gasteiger partial charge is 0.490 e. The van der Waals surface area contributed by atoms with Crippen LogP contribution in [0.25, 0.3) is 0 Å². The van der Waals surface area contributed by atoms with Crippen LogP contribution in [0.2, 0.25) is 0 Å². The molecule has 0 unspecified atom stereocenters. The zero-order valence-corrected chi connectivity index (χ0v) is 15.6. The molecular weight excluding hydrogens is 393 g/mol. The second-order valence-corrected chi connectivity index (χ2v) is 7.43. The number of anilines is 1. The minimum atomic E-state index is -5.08. The van der Waals surface area contributed by atoms with Crippen LogP contribution in [0.1, 0.15) is 19.3 Å². The molecule has 1 aliphatic carbocycles. The summed E-state index contributed by atoms with van der Waals surface area (Å²) in [5.74, 6) is -0.643. The smallest absolute Gasteiger partial charge is 0.475 e. The Morgan fingerprint density at radius 1 is 1.28 bits per heavy atom. The van der Waals surface area contributed by atoms with Crippen LogP contribution in [0.15, 0.2) is 18.6 Å². The Labute approximate surface area is 165 Å². The molecule has 8 nitrogen and oxygen atoms in total. The van der Waals surface area contributed by atoms with Crippen molar-refractivity contribution >= 4 is 17.7 Å². The summed E-state index contributed by atoms with van der Waals surface area (Å²) < 4.78 is 37.6. The standard InChI is InChI=1S/C16H22N4O2.C2HF3O2/c21-16(18-7-11-1-2-11)13-8-20(15-3-5-17-10-19-15)9-14-12(13)4-6-22-14;3-2(4,5)1(6)7/h3,5,10-14H,1-2,4,6-9H2,(H,18,21);(H,6,7)/t12-,13+,14+;/m0./s1. The van der Waals surface area contributed by atoms with E-state index in [4.69, 9.17) is 14.6 Å². The first kappa shape index (κ1) is 21.3. The summed E-state index contributed by atoms with van der Waals surface area (Å²) in [5.41, 5.74) is 0. The monoisotopic (exact) mass is 416 g/mol. The molecule has 1 aromatic heterocycles. The average molecular weight is 416 g/mol. The third kappa shape index (κ3) is 5.78. The highest BCUT2D eigenvalue weighted by atomic mass is 19.4. The summed E-state index contributed by atoms with van der Waals surface area (Å²) in [5, 5.41) is 10.3. The van der Waals surface area contributed by atoms with Gasteiger partial charge in [0.25, 0.3) is 0 Å². The summed E-state index contributed by atoms with van der Waals surface area (Å²) in [6.45, 7) is 3.13. The Kier molecular flexibility index (Phi) is 6.56. The van der Waals surface area contributed by atoms with Crippen molar-refractivity contribution in [2.75, 3.05) is 31.1 Å². The first-order valence-corrected chi connectivity index (χ1v) is 9.46. The summed E-state index contributed by atoms with van der Waals surface area (Å²) in [7, 11) is 0. The highest BCUT2D eigenvalue weighted by Gasteiger charge is 2.44. The number of aromatic nitrogens is 2. The van der Waals surface area contributed by atoms with Crippen molar-refractivity contribution in [2.24, 2.45) is 17.8 Å². The summed E-state index contributed by atoms with van der Waals surface area (Å²) in [6, 6.07) is 1.90. The molecule has 0 bridgehead atoms. The molecule has 1 amide bonds. The number of carboxylic acid groups (broad SMARTS) is 1. The van der Waals surface area contributed by atoms with Crippen LogP contribution in [0.5, 0.6) is 0 Å². The maximum atomic E-state index is 12.6. The summed E-state index contributed by atoms with van der Waals surface area (Å²) >= 11 is 0. The van der Waals surface area contributed by atoms with Gasteiger partial charge in [-0.05, 0) is 31.2 Å². The number of carbonyl (C=O) groups excluding carboxylic acids is 1. The van der Waals surface area contributed by atoms with Crippen LogP contribution < -0.4 is 10.2 Å². The average Bonchev–Trinajstić information content (AvgIpc) is 3.40. The number of amides is 1. The quantitative estimate of drug-likeness (QED) is 0.766. The number of rotatable bonds is 4. The van der Waals surface area contributed by atoms with Crippen molar-refractivity contribution in [3.63, 3.8) is 0 Å². The number of nitrogens with zero attached hydrogens (tertiary/aromatic N) is 3. The minimum absolute atomic E-state index is 0.00466. The van der Waals surface area contributed by atoms with E-state index in [9.17, 15) is 18.0 Å². The number of carbonyl (C=O) groups is 2. The first-order chi connectivity index (χ1) is 13.8. The molecule has 2 saturated heterocycles. The number of nitrogens with one attached hydrogen (secondary N) is 1. The zero-order valence-electron chi connectivity index (χ0n) is 15.6. The number of hydrogen-bond acceptors (Lipinski definition) is 6. The molecule has 1 saturated carbocycles. The number of alkyl halides is 3. The molecule has 2 N–H and O–H groups in total. The van der Waals surface area contributed by atoms with Gasteiger partial charge in [-0.1, -0.05) is 0 Å². The molecule has 0 spiro atoms. The number of hydrogen-bond donors (Lipinski definition) is 2. The van der Waals surface area contributed by atoms with Gasteiger partial charge in [0.15, 0.2) is 0 Å². The molecule has 160 valence electrons. The van der Waals surface area contributed by atoms with E-state index in [2.05, 4.69) is 20.2 Å². The minimum Gasteiger partial charge on any atom is -0.475 e. The van der Waals surface area contributed by atoms with Crippen LogP contribution in [-0.4, -0.2) is 65.5 Å². The third-order valence-electron chi connectivity index (χ3n) is 5.33. The van der Waals surface area contributed by atoms with Gasteiger partial charge in [-0.3, -0.25) is 4.79 Å². The van der Waals surface area contributed by atoms with Gasteiger partial charge in [-0.15, -0.1) is 0 Å². The number of piperidine rings is 1. The molecule has 1 aromatic rings. The SMILES string of the molecule is O=C(NCC1CC1)[C@@H]1CN(c2ccncn2)C[C@H]2OCC[C@H]21.O=C(O)C(F)(F)F. The molecule has 29 heavy (non-hydrogen) atoms. The van der Waals surface area contributed by atoms with Crippen LogP contribution in [-0.2, 0) is 14.3 Å². The van der Waals surface area contributed by atoms with Gasteiger partial charge in [0.1, 0.15) is 12.1 Å². The lowest BCUT2D eigenvalue weighted by Crippen LogP contribution is -2.53. The van der Waals surface area contributed by atoms with Gasteiger partial charge in [0.05, 0.1) is 12.0 Å². The van der Waals surface area contributed by atoms with Gasteiger partial charge in [-0.25, -0.2) is 14.8 Å². The Morgan fingerprint density at radius 3 is 2.59 bits per heavy atom. The van der Waals surface area contributed by atoms with Crippen molar-refractivity contribution in [1.82, 2.24) is 15.3 Å². The normalized spacial score (nSPS) is 26.2. The molecule has 4 rings (SSSR count). The number of carboxylic acids is 1. The van der Waals surface area contributed by atoms with Gasteiger partial charge >= 0.3 is 12.1 Å². The van der Waals surface area contributed by atoms with Crippen molar-refractivity contribution in [3.8, 4) is 0 Å². The lowest BCUT2D eigenvalue weighted by Gasteiger charge is -2.39. The fourth-order valence-corrected chi connectivity index (χ4v) is 3.61. The summed E-state index contributed by atoms with van der Waals surface area (Å²) in [6.07, 6.45) is 1.86. The fraction of sp³-hybridized carbons (Fsp3) is 0.667. The molecule has 0 radical (unpaired) electrons. The molecule has 2 aliphatic heterocycles. The number of fused-ring (bicyclic) bond motifs is 1. The van der Waals surface area contributed by atoms with E-state index in [1.165, 1.54) is 12.8 Å². The van der Waals surface area contributed by atoms with E-state index >= 15 is 0 Å². The third-order valence-corrected chi connectivity index (χ3v) is 5.33. The predicted molar refractivity (Wildman–Crippen MR) is 95.0 cm³/mol. The number of ether oxygens (including phenoxy) is 1. The highest BCUT2D eigenvalue weighted by molar-refractivity contribution is 5.80. The van der Waals surface area contributed by atoms with Crippen LogP contribution >= 0.6 is 0 Å². The highest BCUT2D eigenvalue weighted by Crippen LogP contribution is 2.35. The molecular formula is C18H23F3N4O4. The Hall–Kier alpha value is -2.43. The van der Waals surface area contributed by atoms with Gasteiger partial charge in [-0.2, -0.15) is 13.2 Å². The summed E-state index contributed by atoms with van der Waals surface area (Å²) in [4.78, 5) is 32.0. The zero-order chi connectivity index (χ0) is 21.0. The van der Waals surface area contributed by atoms with E-state index in [1.54, 1.807) is 12.5 Å². The molecule has 3 aliphatic rings. The number of aliphatic carboxylic acids is 1. The molecule has 3 heterocycles. The van der Waals surface area contributed by atoms with E-state index in [1.807, 2.05) is 6.07 Å². The second-order valence-electron chi connectivity index (χ2n) is 7.43.